The van der Waals surface area contributed by atoms with Gasteiger partial charge >= 0.3 is 0 Å². The lowest BCUT2D eigenvalue weighted by molar-refractivity contribution is 0.0536. The van der Waals surface area contributed by atoms with Crippen LogP contribution in [-0.2, 0) is 0 Å². The first-order chi connectivity index (χ1) is 11.6. The molecule has 24 heavy (non-hydrogen) atoms. The van der Waals surface area contributed by atoms with Crippen molar-refractivity contribution in [3.8, 4) is 17.0 Å². The number of ether oxygens (including phenoxy) is 1. The number of benzene rings is 1. The average molecular weight is 328 g/mol. The first-order valence-electron chi connectivity index (χ1n) is 7.25. The fourth-order valence-electron chi connectivity index (χ4n) is 2.19. The Morgan fingerprint density at radius 3 is 2.92 bits per heavy atom. The molecule has 0 saturated heterocycles. The lowest BCUT2D eigenvalue weighted by Gasteiger charge is -2.11. The molecule has 2 heterocycles. The quantitative estimate of drug-likeness (QED) is 0.595. The number of carbonyl (C=O) groups excluding carboxylic acids is 1. The van der Waals surface area contributed by atoms with E-state index in [-0.39, 0.29) is 18.9 Å². The molecule has 0 aliphatic carbocycles. The molecule has 8 nitrogen and oxygen atoms in total. The molecule has 4 N–H and O–H groups in total. The number of rotatable bonds is 6. The normalized spacial score (nSPS) is 12.2. The van der Waals surface area contributed by atoms with Crippen LogP contribution >= 0.6 is 0 Å². The van der Waals surface area contributed by atoms with Crippen molar-refractivity contribution in [3.05, 3.63) is 48.3 Å². The van der Waals surface area contributed by atoms with E-state index in [0.29, 0.717) is 17.1 Å². The largest absolute Gasteiger partial charge is 0.491 e. The summed E-state index contributed by atoms with van der Waals surface area (Å²) in [5.74, 6) is -0.0788. The summed E-state index contributed by atoms with van der Waals surface area (Å²) in [5, 5.41) is 22.5. The Morgan fingerprint density at radius 2 is 2.17 bits per heavy atom. The van der Waals surface area contributed by atoms with Gasteiger partial charge in [0.05, 0.1) is 18.5 Å². The number of nitrogens with two attached hydrogens (primary N) is 1. The Labute approximate surface area is 137 Å². The van der Waals surface area contributed by atoms with E-state index in [0.717, 1.165) is 5.56 Å². The van der Waals surface area contributed by atoms with Crippen molar-refractivity contribution in [3.63, 3.8) is 0 Å². The number of aliphatic hydroxyl groups excluding tert-OH is 2. The van der Waals surface area contributed by atoms with Gasteiger partial charge in [-0.3, -0.25) is 4.79 Å². The molecule has 0 radical (unpaired) electrons. The predicted molar refractivity (Wildman–Crippen MR) is 85.5 cm³/mol. The molecular weight excluding hydrogens is 312 g/mol. The van der Waals surface area contributed by atoms with E-state index >= 15 is 0 Å². The Balaban J connectivity index is 1.92. The molecule has 0 unspecified atom stereocenters. The minimum absolute atomic E-state index is 0.0141. The van der Waals surface area contributed by atoms with Crippen molar-refractivity contribution in [2.75, 3.05) is 13.2 Å². The van der Waals surface area contributed by atoms with Gasteiger partial charge in [0.15, 0.2) is 5.65 Å². The zero-order valence-corrected chi connectivity index (χ0v) is 12.7. The highest BCUT2D eigenvalue weighted by Gasteiger charge is 2.11. The minimum atomic E-state index is -0.938. The first-order valence-corrected chi connectivity index (χ1v) is 7.25. The molecule has 0 bridgehead atoms. The molecule has 0 fully saturated rings. The minimum Gasteiger partial charge on any atom is -0.491 e. The predicted octanol–water partition coefficient (Wildman–Crippen LogP) is 0.227. The van der Waals surface area contributed by atoms with Crippen molar-refractivity contribution < 1.29 is 19.7 Å². The Hall–Kier alpha value is -2.97. The Morgan fingerprint density at radius 1 is 1.33 bits per heavy atom. The second-order valence-corrected chi connectivity index (χ2v) is 5.17. The maximum atomic E-state index is 11.4. The van der Waals surface area contributed by atoms with Crippen LogP contribution in [0.3, 0.4) is 0 Å². The number of primary amides is 1. The molecular formula is C16H16N4O4. The van der Waals surface area contributed by atoms with E-state index in [1.54, 1.807) is 30.3 Å². The number of hydrogen-bond acceptors (Lipinski definition) is 6. The van der Waals surface area contributed by atoms with E-state index in [1.807, 2.05) is 6.07 Å². The number of fused-ring (bicyclic) bond motifs is 1. The van der Waals surface area contributed by atoms with Crippen LogP contribution in [-0.4, -0.2) is 50.0 Å². The average Bonchev–Trinajstić information content (AvgIpc) is 3.03. The van der Waals surface area contributed by atoms with Gasteiger partial charge in [-0.2, -0.15) is 5.10 Å². The first kappa shape index (κ1) is 15.9. The second kappa shape index (κ2) is 6.65. The number of aromatic nitrogens is 3. The van der Waals surface area contributed by atoms with E-state index in [9.17, 15) is 9.90 Å². The molecule has 2 aromatic heterocycles. The van der Waals surface area contributed by atoms with E-state index < -0.39 is 12.0 Å². The summed E-state index contributed by atoms with van der Waals surface area (Å²) < 4.78 is 6.81. The smallest absolute Gasteiger partial charge is 0.269 e. The van der Waals surface area contributed by atoms with Crippen LogP contribution in [0.25, 0.3) is 16.9 Å². The van der Waals surface area contributed by atoms with Gasteiger partial charge in [0.2, 0.25) is 0 Å². The monoisotopic (exact) mass is 328 g/mol. The van der Waals surface area contributed by atoms with Gasteiger partial charge in [-0.25, -0.2) is 9.50 Å². The summed E-state index contributed by atoms with van der Waals surface area (Å²) in [7, 11) is 0. The van der Waals surface area contributed by atoms with Gasteiger partial charge in [0, 0.05) is 5.56 Å². The third-order valence-corrected chi connectivity index (χ3v) is 3.40. The summed E-state index contributed by atoms with van der Waals surface area (Å²) in [6, 6.07) is 10.6. The van der Waals surface area contributed by atoms with Crippen molar-refractivity contribution in [1.82, 2.24) is 14.6 Å². The van der Waals surface area contributed by atoms with Gasteiger partial charge in [-0.15, -0.1) is 0 Å². The van der Waals surface area contributed by atoms with E-state index in [1.165, 1.54) is 10.7 Å². The van der Waals surface area contributed by atoms with Crippen LogP contribution in [0.1, 0.15) is 10.5 Å². The third-order valence-electron chi connectivity index (χ3n) is 3.40. The number of imidazole rings is 1. The standard InChI is InChI=1S/C16H16N4O4/c17-16(23)14-7-18-15-5-4-13(19-20(14)15)10-2-1-3-12(6-10)24-9-11(22)8-21/h1-7,11,21-22H,8-9H2,(H2,17,23)/t11-/m1/s1. The highest BCUT2D eigenvalue weighted by molar-refractivity contribution is 5.91. The molecule has 1 amide bonds. The van der Waals surface area contributed by atoms with Crippen LogP contribution in [0.15, 0.2) is 42.6 Å². The molecule has 0 aliphatic heterocycles. The SMILES string of the molecule is NC(=O)c1cnc2ccc(-c3cccc(OC[C@H](O)CO)c3)nn12. The molecule has 1 aromatic carbocycles. The Bertz CT molecular complexity index is 877. The topological polar surface area (TPSA) is 123 Å². The lowest BCUT2D eigenvalue weighted by atomic mass is 10.1. The third kappa shape index (κ3) is 3.19. The van der Waals surface area contributed by atoms with Crippen molar-refractivity contribution >= 4 is 11.6 Å². The van der Waals surface area contributed by atoms with Gasteiger partial charge in [-0.1, -0.05) is 12.1 Å². The van der Waals surface area contributed by atoms with Crippen LogP contribution in [0.4, 0.5) is 0 Å². The molecule has 0 aliphatic rings. The number of carbonyl (C=O) groups is 1. The second-order valence-electron chi connectivity index (χ2n) is 5.17. The Kier molecular flexibility index (Phi) is 4.41. The van der Waals surface area contributed by atoms with Crippen LogP contribution in [0.5, 0.6) is 5.75 Å². The molecule has 0 spiro atoms. The maximum absolute atomic E-state index is 11.4. The van der Waals surface area contributed by atoms with Crippen molar-refractivity contribution in [2.45, 2.75) is 6.10 Å². The summed E-state index contributed by atoms with van der Waals surface area (Å²) in [6.07, 6.45) is 0.441. The summed E-state index contributed by atoms with van der Waals surface area (Å²) in [6.45, 7) is -0.381. The van der Waals surface area contributed by atoms with E-state index in [2.05, 4.69) is 10.1 Å². The fourth-order valence-corrected chi connectivity index (χ4v) is 2.19. The zero-order chi connectivity index (χ0) is 17.1. The fraction of sp³-hybridized carbons (Fsp3) is 0.188. The van der Waals surface area contributed by atoms with Crippen LogP contribution in [0, 0.1) is 0 Å². The number of hydrogen-bond donors (Lipinski definition) is 3. The van der Waals surface area contributed by atoms with Gasteiger partial charge < -0.3 is 20.7 Å². The number of nitrogens with zero attached hydrogens (tertiary/aromatic N) is 3. The zero-order valence-electron chi connectivity index (χ0n) is 12.7. The highest BCUT2D eigenvalue weighted by Crippen LogP contribution is 2.23. The molecule has 3 aromatic rings. The molecule has 8 heteroatoms. The molecule has 0 saturated carbocycles. The van der Waals surface area contributed by atoms with Gasteiger partial charge in [0.1, 0.15) is 24.2 Å². The lowest BCUT2D eigenvalue weighted by Crippen LogP contribution is -2.21. The molecule has 1 atom stereocenters. The van der Waals surface area contributed by atoms with Crippen molar-refractivity contribution in [1.29, 1.82) is 0 Å². The summed E-state index contributed by atoms with van der Waals surface area (Å²) >= 11 is 0. The number of aliphatic hydroxyl groups is 2. The number of amides is 1. The van der Waals surface area contributed by atoms with Crippen LogP contribution < -0.4 is 10.5 Å². The van der Waals surface area contributed by atoms with E-state index in [4.69, 9.17) is 15.6 Å². The van der Waals surface area contributed by atoms with Crippen molar-refractivity contribution in [2.24, 2.45) is 5.73 Å². The maximum Gasteiger partial charge on any atom is 0.269 e. The van der Waals surface area contributed by atoms with Crippen LogP contribution in [0.2, 0.25) is 0 Å². The highest BCUT2D eigenvalue weighted by atomic mass is 16.5. The summed E-state index contributed by atoms with van der Waals surface area (Å²) in [5.41, 5.74) is 7.40. The molecule has 3 rings (SSSR count). The van der Waals surface area contributed by atoms with Gasteiger partial charge in [0.25, 0.3) is 5.91 Å². The van der Waals surface area contributed by atoms with Gasteiger partial charge in [-0.05, 0) is 24.3 Å². The molecule has 124 valence electrons. The summed E-state index contributed by atoms with van der Waals surface area (Å²) in [4.78, 5) is 15.5.